The van der Waals surface area contributed by atoms with Crippen LogP contribution in [0.3, 0.4) is 0 Å². The number of nitrogens with two attached hydrogens (primary N) is 1. The maximum atomic E-state index is 12.7. The highest BCUT2D eigenvalue weighted by Gasteiger charge is 2.36. The first-order chi connectivity index (χ1) is 13.8. The van der Waals surface area contributed by atoms with Crippen LogP contribution in [0, 0.1) is 11.3 Å². The lowest BCUT2D eigenvalue weighted by atomic mass is 9.84. The second kappa shape index (κ2) is 6.60. The number of allylic oxidation sites excluding steroid dienone is 1. The van der Waals surface area contributed by atoms with Crippen LogP contribution in [0.4, 0.5) is 13.2 Å². The molecule has 1 aliphatic heterocycles. The van der Waals surface area contributed by atoms with E-state index in [9.17, 15) is 23.2 Å². The molecule has 0 amide bonds. The zero-order valence-corrected chi connectivity index (χ0v) is 14.5. The van der Waals surface area contributed by atoms with Crippen LogP contribution in [0.25, 0.3) is 11.0 Å². The van der Waals surface area contributed by atoms with Crippen molar-refractivity contribution in [3.63, 3.8) is 0 Å². The van der Waals surface area contributed by atoms with Gasteiger partial charge < -0.3 is 19.6 Å². The van der Waals surface area contributed by atoms with E-state index >= 15 is 0 Å². The predicted octanol–water partition coefficient (Wildman–Crippen LogP) is 3.91. The molecule has 1 atom stereocenters. The Labute approximate surface area is 161 Å². The van der Waals surface area contributed by atoms with Gasteiger partial charge in [0.15, 0.2) is 5.75 Å². The van der Waals surface area contributed by atoms with Crippen molar-refractivity contribution in [2.75, 3.05) is 0 Å². The van der Waals surface area contributed by atoms with E-state index < -0.39 is 23.7 Å². The van der Waals surface area contributed by atoms with Crippen LogP contribution >= 0.6 is 0 Å². The van der Waals surface area contributed by atoms with Gasteiger partial charge in [0.2, 0.25) is 5.88 Å². The van der Waals surface area contributed by atoms with E-state index in [4.69, 9.17) is 14.9 Å². The molecule has 0 bridgehead atoms. The summed E-state index contributed by atoms with van der Waals surface area (Å²) < 4.78 is 52.0. The van der Waals surface area contributed by atoms with E-state index in [2.05, 4.69) is 4.74 Å². The van der Waals surface area contributed by atoms with Crippen molar-refractivity contribution in [2.24, 2.45) is 5.73 Å². The maximum Gasteiger partial charge on any atom is 0.573 e. The van der Waals surface area contributed by atoms with Gasteiger partial charge in [-0.25, -0.2) is 4.79 Å². The Morgan fingerprint density at radius 3 is 2.45 bits per heavy atom. The molecule has 9 heteroatoms. The van der Waals surface area contributed by atoms with Crippen molar-refractivity contribution < 1.29 is 27.1 Å². The Morgan fingerprint density at radius 1 is 1.10 bits per heavy atom. The van der Waals surface area contributed by atoms with Gasteiger partial charge in [-0.2, -0.15) is 5.26 Å². The van der Waals surface area contributed by atoms with E-state index in [0.29, 0.717) is 10.9 Å². The number of halogens is 3. The third kappa shape index (κ3) is 3.25. The first-order valence-electron chi connectivity index (χ1n) is 8.27. The van der Waals surface area contributed by atoms with Crippen molar-refractivity contribution in [2.45, 2.75) is 12.3 Å². The highest BCUT2D eigenvalue weighted by Crippen LogP contribution is 2.43. The Hall–Kier alpha value is -3.93. The molecule has 0 saturated carbocycles. The van der Waals surface area contributed by atoms with Gasteiger partial charge in [-0.3, -0.25) is 0 Å². The molecule has 4 rings (SSSR count). The Kier molecular flexibility index (Phi) is 4.19. The van der Waals surface area contributed by atoms with E-state index in [-0.39, 0.29) is 28.4 Å². The molecule has 3 aromatic rings. The zero-order valence-electron chi connectivity index (χ0n) is 14.5. The first kappa shape index (κ1) is 18.4. The number of ether oxygens (including phenoxy) is 2. The molecule has 2 aromatic carbocycles. The molecule has 29 heavy (non-hydrogen) atoms. The molecular formula is C20H11F3N2O4. The fourth-order valence-corrected chi connectivity index (χ4v) is 3.26. The number of nitriles is 1. The maximum absolute atomic E-state index is 12.7. The fraction of sp³-hybridized carbons (Fsp3) is 0.100. The quantitative estimate of drug-likeness (QED) is 0.655. The van der Waals surface area contributed by atoms with E-state index in [0.717, 1.165) is 12.1 Å². The van der Waals surface area contributed by atoms with Crippen LogP contribution in [0.5, 0.6) is 11.5 Å². The standard InChI is InChI=1S/C20H11F3N2O4/c21-20(22,23)29-11-7-5-10(6-8-11)15-13(9-24)18(25)28-17-12-3-1-2-4-14(12)27-19(26)16(15)17/h1-8,15H,25H2/t15-/m1/s1. The van der Waals surface area contributed by atoms with Crippen LogP contribution in [0.15, 0.2) is 69.2 Å². The fourth-order valence-electron chi connectivity index (χ4n) is 3.26. The predicted molar refractivity (Wildman–Crippen MR) is 94.9 cm³/mol. The zero-order chi connectivity index (χ0) is 20.8. The largest absolute Gasteiger partial charge is 0.573 e. The lowest BCUT2D eigenvalue weighted by molar-refractivity contribution is -0.274. The number of nitrogens with zero attached hydrogens (tertiary/aromatic N) is 1. The summed E-state index contributed by atoms with van der Waals surface area (Å²) in [6.07, 6.45) is -4.84. The molecule has 0 fully saturated rings. The SMILES string of the molecule is N#CC1=C(N)Oc2c(c(=O)oc3ccccc23)[C@@H]1c1ccc(OC(F)(F)F)cc1. The molecule has 1 aliphatic rings. The number of alkyl halides is 3. The number of hydrogen-bond donors (Lipinski definition) is 1. The average Bonchev–Trinajstić information content (AvgIpc) is 2.66. The molecule has 2 heterocycles. The molecular weight excluding hydrogens is 389 g/mol. The van der Waals surface area contributed by atoms with Gasteiger partial charge in [0.05, 0.1) is 16.9 Å². The average molecular weight is 400 g/mol. The van der Waals surface area contributed by atoms with Crippen LogP contribution in [0.1, 0.15) is 17.0 Å². The number of para-hydroxylation sites is 1. The monoisotopic (exact) mass is 400 g/mol. The van der Waals surface area contributed by atoms with Gasteiger partial charge >= 0.3 is 12.0 Å². The molecule has 0 radical (unpaired) electrons. The summed E-state index contributed by atoms with van der Waals surface area (Å²) in [7, 11) is 0. The first-order valence-corrected chi connectivity index (χ1v) is 8.27. The van der Waals surface area contributed by atoms with E-state index in [1.165, 1.54) is 12.1 Å². The number of fused-ring (bicyclic) bond motifs is 3. The molecule has 0 unspecified atom stereocenters. The third-order valence-electron chi connectivity index (χ3n) is 4.42. The second-order valence-electron chi connectivity index (χ2n) is 6.17. The van der Waals surface area contributed by atoms with E-state index in [1.807, 2.05) is 6.07 Å². The molecule has 0 aliphatic carbocycles. The number of rotatable bonds is 2. The normalized spacial score (nSPS) is 16.1. The summed E-state index contributed by atoms with van der Waals surface area (Å²) in [5.41, 5.74) is 5.80. The molecule has 146 valence electrons. The van der Waals surface area contributed by atoms with Gasteiger partial charge in [0.25, 0.3) is 0 Å². The van der Waals surface area contributed by atoms with Crippen molar-refractivity contribution in [3.8, 4) is 17.6 Å². The van der Waals surface area contributed by atoms with E-state index in [1.54, 1.807) is 24.3 Å². The highest BCUT2D eigenvalue weighted by molar-refractivity contribution is 5.86. The topological polar surface area (TPSA) is 98.5 Å². The van der Waals surface area contributed by atoms with Crippen LogP contribution in [-0.2, 0) is 0 Å². The Bertz CT molecular complexity index is 1240. The van der Waals surface area contributed by atoms with Crippen molar-refractivity contribution >= 4 is 11.0 Å². The Morgan fingerprint density at radius 2 is 1.79 bits per heavy atom. The summed E-state index contributed by atoms with van der Waals surface area (Å²) in [6, 6.07) is 13.4. The van der Waals surface area contributed by atoms with Gasteiger partial charge in [0, 0.05) is 0 Å². The summed E-state index contributed by atoms with van der Waals surface area (Å²) in [6.45, 7) is 0. The van der Waals surface area contributed by atoms with Gasteiger partial charge in [-0.15, -0.1) is 13.2 Å². The summed E-state index contributed by atoms with van der Waals surface area (Å²) in [5.74, 6) is -1.45. The molecule has 6 nitrogen and oxygen atoms in total. The highest BCUT2D eigenvalue weighted by atomic mass is 19.4. The molecule has 0 saturated heterocycles. The third-order valence-corrected chi connectivity index (χ3v) is 4.42. The van der Waals surface area contributed by atoms with Gasteiger partial charge in [-0.05, 0) is 29.8 Å². The minimum Gasteiger partial charge on any atom is -0.439 e. The van der Waals surface area contributed by atoms with Crippen LogP contribution < -0.4 is 20.8 Å². The minimum absolute atomic E-state index is 0.0407. The molecule has 1 aromatic heterocycles. The Balaban J connectivity index is 1.90. The number of hydrogen-bond acceptors (Lipinski definition) is 6. The van der Waals surface area contributed by atoms with Crippen molar-refractivity contribution in [3.05, 3.63) is 81.5 Å². The molecule has 2 N–H and O–H groups in total. The summed E-state index contributed by atoms with van der Waals surface area (Å²) in [4.78, 5) is 12.7. The van der Waals surface area contributed by atoms with Gasteiger partial charge in [0.1, 0.15) is 23.0 Å². The van der Waals surface area contributed by atoms with Crippen LogP contribution in [-0.4, -0.2) is 6.36 Å². The summed E-state index contributed by atoms with van der Waals surface area (Å²) >= 11 is 0. The van der Waals surface area contributed by atoms with Crippen molar-refractivity contribution in [1.29, 1.82) is 5.26 Å². The summed E-state index contributed by atoms with van der Waals surface area (Å²) in [5, 5.41) is 10.0. The lowest BCUT2D eigenvalue weighted by Gasteiger charge is -2.26. The van der Waals surface area contributed by atoms with Gasteiger partial charge in [-0.1, -0.05) is 24.3 Å². The smallest absolute Gasteiger partial charge is 0.439 e. The van der Waals surface area contributed by atoms with Crippen molar-refractivity contribution in [1.82, 2.24) is 0 Å². The lowest BCUT2D eigenvalue weighted by Crippen LogP contribution is -2.26. The number of benzene rings is 2. The minimum atomic E-state index is -4.84. The van der Waals surface area contributed by atoms with Crippen LogP contribution in [0.2, 0.25) is 0 Å². The second-order valence-corrected chi connectivity index (χ2v) is 6.17. The molecule has 0 spiro atoms.